The number of nitrogens with one attached hydrogen (secondary N) is 1. The summed E-state index contributed by atoms with van der Waals surface area (Å²) in [6.07, 6.45) is 2.04. The van der Waals surface area contributed by atoms with Gasteiger partial charge in [0.25, 0.3) is 0 Å². The monoisotopic (exact) mass is 245 g/mol. The van der Waals surface area contributed by atoms with Crippen molar-refractivity contribution >= 4 is 22.8 Å². The van der Waals surface area contributed by atoms with Gasteiger partial charge in [0, 0.05) is 11.6 Å². The molecule has 5 heteroatoms. The minimum atomic E-state index is -0.454. The highest BCUT2D eigenvalue weighted by atomic mass is 16.5. The molecule has 0 aliphatic carbocycles. The summed E-state index contributed by atoms with van der Waals surface area (Å²) in [6, 6.07) is 5.58. The molecular weight excluding hydrogens is 230 g/mol. The van der Waals surface area contributed by atoms with Gasteiger partial charge in [-0.2, -0.15) is 0 Å². The van der Waals surface area contributed by atoms with Crippen LogP contribution in [0.25, 0.3) is 11.0 Å². The van der Waals surface area contributed by atoms with Gasteiger partial charge in [-0.25, -0.2) is 14.8 Å². The van der Waals surface area contributed by atoms with Crippen LogP contribution < -0.4 is 5.32 Å². The van der Waals surface area contributed by atoms with Gasteiger partial charge in [-0.1, -0.05) is 6.92 Å². The third-order valence-corrected chi connectivity index (χ3v) is 2.45. The lowest BCUT2D eigenvalue weighted by molar-refractivity contribution is 0.161. The number of aryl methyl sites for hydroxylation is 1. The maximum Gasteiger partial charge on any atom is 0.411 e. The Morgan fingerprint density at radius 1 is 1.50 bits per heavy atom. The molecular formula is C13H15N3O2. The summed E-state index contributed by atoms with van der Waals surface area (Å²) in [7, 11) is 0. The number of hydrogen-bond acceptors (Lipinski definition) is 4. The molecule has 0 saturated carbocycles. The van der Waals surface area contributed by atoms with Gasteiger partial charge in [0.05, 0.1) is 18.0 Å². The molecule has 0 unspecified atom stereocenters. The van der Waals surface area contributed by atoms with E-state index in [0.717, 1.165) is 17.5 Å². The van der Waals surface area contributed by atoms with E-state index in [-0.39, 0.29) is 0 Å². The van der Waals surface area contributed by atoms with Crippen LogP contribution in [0.15, 0.2) is 24.4 Å². The second-order valence-electron chi connectivity index (χ2n) is 3.93. The number of anilines is 1. The topological polar surface area (TPSA) is 64.1 Å². The first-order valence-corrected chi connectivity index (χ1v) is 5.87. The van der Waals surface area contributed by atoms with Gasteiger partial charge in [0.15, 0.2) is 5.65 Å². The second kappa shape index (κ2) is 5.44. The lowest BCUT2D eigenvalue weighted by Crippen LogP contribution is -2.15. The largest absolute Gasteiger partial charge is 0.449 e. The van der Waals surface area contributed by atoms with Crippen molar-refractivity contribution in [2.45, 2.75) is 20.3 Å². The third-order valence-electron chi connectivity index (χ3n) is 2.45. The fraction of sp³-hybridized carbons (Fsp3) is 0.308. The summed E-state index contributed by atoms with van der Waals surface area (Å²) >= 11 is 0. The summed E-state index contributed by atoms with van der Waals surface area (Å²) in [5, 5.41) is 3.57. The van der Waals surface area contributed by atoms with Crippen molar-refractivity contribution < 1.29 is 9.53 Å². The molecule has 0 aromatic carbocycles. The average molecular weight is 245 g/mol. The lowest BCUT2D eigenvalue weighted by Gasteiger charge is -2.09. The highest BCUT2D eigenvalue weighted by Gasteiger charge is 2.08. The number of ether oxygens (including phenoxy) is 1. The molecule has 0 spiro atoms. The first-order valence-electron chi connectivity index (χ1n) is 5.87. The van der Waals surface area contributed by atoms with Crippen molar-refractivity contribution in [3.63, 3.8) is 0 Å². The fourth-order valence-corrected chi connectivity index (χ4v) is 1.56. The Labute approximate surface area is 105 Å². The number of aromatic nitrogens is 2. The van der Waals surface area contributed by atoms with Crippen molar-refractivity contribution in [1.29, 1.82) is 0 Å². The number of nitrogens with zero attached hydrogens (tertiary/aromatic N) is 2. The van der Waals surface area contributed by atoms with Gasteiger partial charge in [-0.15, -0.1) is 0 Å². The van der Waals surface area contributed by atoms with E-state index < -0.39 is 6.09 Å². The molecule has 2 aromatic rings. The zero-order valence-electron chi connectivity index (χ0n) is 10.4. The Morgan fingerprint density at radius 3 is 3.11 bits per heavy atom. The molecule has 1 N–H and O–H groups in total. The van der Waals surface area contributed by atoms with Crippen LogP contribution in [0.1, 0.15) is 19.0 Å². The summed E-state index contributed by atoms with van der Waals surface area (Å²) < 4.78 is 4.97. The molecule has 0 radical (unpaired) electrons. The smallest absolute Gasteiger partial charge is 0.411 e. The maximum atomic E-state index is 11.5. The molecule has 0 saturated heterocycles. The molecule has 1 amide bonds. The first-order chi connectivity index (χ1) is 8.70. The van der Waals surface area contributed by atoms with Crippen LogP contribution in [0.4, 0.5) is 10.5 Å². The van der Waals surface area contributed by atoms with Crippen LogP contribution in [-0.2, 0) is 4.74 Å². The van der Waals surface area contributed by atoms with E-state index in [0.29, 0.717) is 17.9 Å². The van der Waals surface area contributed by atoms with E-state index in [1.165, 1.54) is 0 Å². The number of carbonyl (C=O) groups is 1. The first kappa shape index (κ1) is 12.3. The van der Waals surface area contributed by atoms with Crippen LogP contribution in [0.3, 0.4) is 0 Å². The molecule has 2 rings (SSSR count). The zero-order valence-corrected chi connectivity index (χ0v) is 10.4. The molecule has 0 bridgehead atoms. The Bertz CT molecular complexity index is 569. The summed E-state index contributed by atoms with van der Waals surface area (Å²) in [5.41, 5.74) is 2.04. The van der Waals surface area contributed by atoms with Crippen molar-refractivity contribution in [1.82, 2.24) is 9.97 Å². The molecule has 2 heterocycles. The Morgan fingerprint density at radius 2 is 2.33 bits per heavy atom. The molecule has 0 aliphatic heterocycles. The number of carbonyl (C=O) groups excluding carboxylic acids is 1. The van der Waals surface area contributed by atoms with E-state index in [9.17, 15) is 4.79 Å². The molecule has 0 aliphatic rings. The van der Waals surface area contributed by atoms with Gasteiger partial charge in [-0.3, -0.25) is 5.32 Å². The summed E-state index contributed by atoms with van der Waals surface area (Å²) in [4.78, 5) is 20.0. The normalized spacial score (nSPS) is 10.3. The van der Waals surface area contributed by atoms with Crippen molar-refractivity contribution in [3.05, 3.63) is 30.1 Å². The fourth-order valence-electron chi connectivity index (χ4n) is 1.56. The number of fused-ring (bicyclic) bond motifs is 1. The van der Waals surface area contributed by atoms with Gasteiger partial charge < -0.3 is 4.74 Å². The van der Waals surface area contributed by atoms with Crippen LogP contribution in [0.2, 0.25) is 0 Å². The standard InChI is InChI=1S/C13H15N3O2/c1-3-7-18-13(17)16-11-8-10-5-4-6-14-12(10)15-9(11)2/h4-6,8H,3,7H2,1-2H3,(H,16,17). The SMILES string of the molecule is CCCOC(=O)Nc1cc2cccnc2nc1C. The maximum absolute atomic E-state index is 11.5. The van der Waals surface area contributed by atoms with Crippen LogP contribution in [0.5, 0.6) is 0 Å². The summed E-state index contributed by atoms with van der Waals surface area (Å²) in [5.74, 6) is 0. The molecule has 2 aromatic heterocycles. The number of amides is 1. The predicted molar refractivity (Wildman–Crippen MR) is 69.5 cm³/mol. The van der Waals surface area contributed by atoms with E-state index in [1.807, 2.05) is 32.0 Å². The summed E-state index contributed by atoms with van der Waals surface area (Å²) in [6.45, 7) is 4.18. The quantitative estimate of drug-likeness (QED) is 0.903. The van der Waals surface area contributed by atoms with Crippen LogP contribution in [0, 0.1) is 6.92 Å². The van der Waals surface area contributed by atoms with Crippen molar-refractivity contribution in [2.24, 2.45) is 0 Å². The number of hydrogen-bond donors (Lipinski definition) is 1. The van der Waals surface area contributed by atoms with Crippen molar-refractivity contribution in [2.75, 3.05) is 11.9 Å². The molecule has 94 valence electrons. The van der Waals surface area contributed by atoms with Crippen molar-refractivity contribution in [3.8, 4) is 0 Å². The van der Waals surface area contributed by atoms with E-state index in [2.05, 4.69) is 15.3 Å². The van der Waals surface area contributed by atoms with Crippen LogP contribution in [-0.4, -0.2) is 22.7 Å². The highest BCUT2D eigenvalue weighted by molar-refractivity contribution is 5.89. The highest BCUT2D eigenvalue weighted by Crippen LogP contribution is 2.18. The van der Waals surface area contributed by atoms with Gasteiger partial charge in [0.1, 0.15) is 0 Å². The van der Waals surface area contributed by atoms with E-state index in [4.69, 9.17) is 4.74 Å². The Hall–Kier alpha value is -2.17. The van der Waals surface area contributed by atoms with Gasteiger partial charge in [-0.05, 0) is 31.5 Å². The average Bonchev–Trinajstić information content (AvgIpc) is 2.37. The minimum absolute atomic E-state index is 0.410. The molecule has 0 atom stereocenters. The number of rotatable bonds is 3. The predicted octanol–water partition coefficient (Wildman–Crippen LogP) is 2.90. The van der Waals surface area contributed by atoms with Crippen LogP contribution >= 0.6 is 0 Å². The zero-order chi connectivity index (χ0) is 13.0. The Kier molecular flexibility index (Phi) is 3.72. The van der Waals surface area contributed by atoms with E-state index in [1.54, 1.807) is 6.20 Å². The Balaban J connectivity index is 2.22. The lowest BCUT2D eigenvalue weighted by atomic mass is 10.2. The van der Waals surface area contributed by atoms with Gasteiger partial charge in [0.2, 0.25) is 0 Å². The molecule has 18 heavy (non-hydrogen) atoms. The second-order valence-corrected chi connectivity index (χ2v) is 3.93. The third kappa shape index (κ3) is 2.74. The van der Waals surface area contributed by atoms with E-state index >= 15 is 0 Å². The molecule has 0 fully saturated rings. The number of pyridine rings is 2. The van der Waals surface area contributed by atoms with Gasteiger partial charge >= 0.3 is 6.09 Å². The minimum Gasteiger partial charge on any atom is -0.449 e. The molecule has 5 nitrogen and oxygen atoms in total.